The van der Waals surface area contributed by atoms with E-state index in [0.29, 0.717) is 0 Å². The molecule has 0 spiro atoms. The molecule has 1 atom stereocenters. The number of carbonyl (C=O) groups is 1. The number of ketones is 1. The Kier molecular flexibility index (Phi) is 4.41. The summed E-state index contributed by atoms with van der Waals surface area (Å²) in [6.45, 7) is -0.260. The number of carbonyl (C=O) groups excluding carboxylic acids is 1. The van der Waals surface area contributed by atoms with Crippen molar-refractivity contribution in [2.75, 3.05) is 13.1 Å². The van der Waals surface area contributed by atoms with E-state index in [1.165, 1.54) is 0 Å². The lowest BCUT2D eigenvalue weighted by molar-refractivity contribution is -0.116. The van der Waals surface area contributed by atoms with Gasteiger partial charge in [0.2, 0.25) is 11.3 Å². The first kappa shape index (κ1) is 8.70. The summed E-state index contributed by atoms with van der Waals surface area (Å²) in [6, 6.07) is 0. The molecule has 0 rings (SSSR count). The Balaban J connectivity index is 3.28. The van der Waals surface area contributed by atoms with Crippen LogP contribution in [0.3, 0.4) is 0 Å². The van der Waals surface area contributed by atoms with Crippen molar-refractivity contribution >= 4 is 17.0 Å². The Hall–Kier alpha value is -0.300. The molecule has 1 unspecified atom stereocenters. The largest absolute Gasteiger partial charge is 0.324 e. The molecule has 0 aromatic carbocycles. The van der Waals surface area contributed by atoms with Gasteiger partial charge < -0.3 is 5.73 Å². The summed E-state index contributed by atoms with van der Waals surface area (Å²) in [6.07, 6.45) is 0. The summed E-state index contributed by atoms with van der Waals surface area (Å²) in [4.78, 5) is 10.3. The maximum atomic E-state index is 10.3. The van der Waals surface area contributed by atoms with Crippen molar-refractivity contribution in [3.05, 3.63) is 0 Å². The van der Waals surface area contributed by atoms with E-state index < -0.39 is 11.3 Å². The second-order valence-electron chi connectivity index (χ2n) is 1.31. The zero-order valence-electron chi connectivity index (χ0n) is 4.66. The molecule has 0 aromatic heterocycles. The molecule has 54 valence electrons. The van der Waals surface area contributed by atoms with Gasteiger partial charge in [0.25, 0.3) is 0 Å². The smallest absolute Gasteiger partial charge is 0.232 e. The number of Topliss-reactive ketones (excluding diaryl/α,β-unsaturated/α-hetero) is 1. The minimum atomic E-state index is -2.11. The van der Waals surface area contributed by atoms with Crippen molar-refractivity contribution < 1.29 is 13.6 Å². The maximum Gasteiger partial charge on any atom is 0.232 e. The number of rotatable bonds is 4. The van der Waals surface area contributed by atoms with Crippen LogP contribution in [0, 0.1) is 0 Å². The highest BCUT2D eigenvalue weighted by molar-refractivity contribution is 7.77. The highest BCUT2D eigenvalue weighted by Gasteiger charge is 1.97. The summed E-state index contributed by atoms with van der Waals surface area (Å²) in [7, 11) is 0. The van der Waals surface area contributed by atoms with Crippen LogP contribution in [-0.4, -0.2) is 27.6 Å². The minimum absolute atomic E-state index is 0.107. The van der Waals surface area contributed by atoms with E-state index in [1.54, 1.807) is 0 Å². The maximum absolute atomic E-state index is 10.3. The van der Waals surface area contributed by atoms with Crippen molar-refractivity contribution in [2.45, 2.75) is 0 Å². The van der Waals surface area contributed by atoms with Gasteiger partial charge in [-0.2, -0.15) is 0 Å². The molecule has 0 aromatic rings. The highest BCUT2D eigenvalue weighted by Crippen LogP contribution is 1.65. The van der Waals surface area contributed by atoms with Crippen LogP contribution in [0.15, 0.2) is 0 Å². The van der Waals surface area contributed by atoms with Crippen LogP contribution < -0.4 is 10.5 Å². The molecule has 0 amide bonds. The molecule has 0 bridgehead atoms. The second-order valence-corrected chi connectivity index (χ2v) is 2.10. The van der Waals surface area contributed by atoms with Gasteiger partial charge in [0.1, 0.15) is 0 Å². The lowest BCUT2D eigenvalue weighted by Crippen LogP contribution is -2.29. The van der Waals surface area contributed by atoms with Gasteiger partial charge in [0, 0.05) is 0 Å². The average Bonchev–Trinajstić information content (AvgIpc) is 1.83. The summed E-state index contributed by atoms with van der Waals surface area (Å²) in [5.74, 6) is -0.294. The van der Waals surface area contributed by atoms with Crippen LogP contribution in [0.1, 0.15) is 0 Å². The fourth-order valence-corrected chi connectivity index (χ4v) is 0.499. The van der Waals surface area contributed by atoms with Crippen LogP contribution in [0.4, 0.5) is 0 Å². The summed E-state index contributed by atoms with van der Waals surface area (Å²) >= 11 is -2.11. The van der Waals surface area contributed by atoms with Crippen molar-refractivity contribution in [2.24, 2.45) is 5.73 Å². The first-order valence-electron chi connectivity index (χ1n) is 2.23. The summed E-state index contributed by atoms with van der Waals surface area (Å²) in [5, 5.41) is 0. The number of hydrogen-bond donors (Lipinski definition) is 3. The molecule has 6 heteroatoms. The van der Waals surface area contributed by atoms with E-state index in [1.807, 2.05) is 4.72 Å². The minimum Gasteiger partial charge on any atom is -0.324 e. The number of nitrogens with one attached hydrogen (secondary N) is 1. The van der Waals surface area contributed by atoms with Crippen LogP contribution in [0.2, 0.25) is 0 Å². The van der Waals surface area contributed by atoms with E-state index in [4.69, 9.17) is 10.3 Å². The van der Waals surface area contributed by atoms with Crippen molar-refractivity contribution in [1.29, 1.82) is 0 Å². The van der Waals surface area contributed by atoms with Gasteiger partial charge in [0.05, 0.1) is 13.1 Å². The number of nitrogens with two attached hydrogens (primary N) is 1. The van der Waals surface area contributed by atoms with Crippen LogP contribution in [0.5, 0.6) is 0 Å². The summed E-state index contributed by atoms with van der Waals surface area (Å²) in [5.41, 5.74) is 4.89. The van der Waals surface area contributed by atoms with Gasteiger partial charge in [-0.25, -0.2) is 8.93 Å². The van der Waals surface area contributed by atoms with E-state index in [-0.39, 0.29) is 18.9 Å². The molecule has 0 aliphatic rings. The lowest BCUT2D eigenvalue weighted by Gasteiger charge is -1.93. The van der Waals surface area contributed by atoms with Crippen LogP contribution in [-0.2, 0) is 16.1 Å². The van der Waals surface area contributed by atoms with Gasteiger partial charge in [-0.1, -0.05) is 0 Å². The third-order valence-corrected chi connectivity index (χ3v) is 1.01. The Labute approximate surface area is 55.0 Å². The van der Waals surface area contributed by atoms with Crippen molar-refractivity contribution in [3.8, 4) is 0 Å². The van der Waals surface area contributed by atoms with E-state index in [9.17, 15) is 9.00 Å². The van der Waals surface area contributed by atoms with Gasteiger partial charge in [-0.15, -0.1) is 0 Å². The SMILES string of the molecule is NCC(=O)CNS(=O)O. The Morgan fingerprint density at radius 2 is 2.33 bits per heavy atom. The molecule has 4 N–H and O–H groups in total. The Morgan fingerprint density at radius 3 is 2.67 bits per heavy atom. The quantitative estimate of drug-likeness (QED) is 0.416. The standard InChI is InChI=1S/C3H8N2O3S/c4-1-3(6)2-5-9(7)8/h5H,1-2,4H2,(H,7,8). The molecule has 0 heterocycles. The third kappa shape index (κ3) is 5.57. The second kappa shape index (κ2) is 4.57. The molecule has 0 saturated carbocycles. The van der Waals surface area contributed by atoms with E-state index in [2.05, 4.69) is 0 Å². The lowest BCUT2D eigenvalue weighted by atomic mass is 10.4. The molecular formula is C3H8N2O3S. The van der Waals surface area contributed by atoms with Crippen LogP contribution >= 0.6 is 0 Å². The van der Waals surface area contributed by atoms with Gasteiger partial charge in [-0.05, 0) is 0 Å². The molecule has 0 saturated heterocycles. The fourth-order valence-electron chi connectivity index (χ4n) is 0.214. The monoisotopic (exact) mass is 152 g/mol. The van der Waals surface area contributed by atoms with Crippen LogP contribution in [0.25, 0.3) is 0 Å². The van der Waals surface area contributed by atoms with Gasteiger partial charge in [0.15, 0.2) is 5.78 Å². The van der Waals surface area contributed by atoms with Gasteiger partial charge >= 0.3 is 0 Å². The average molecular weight is 152 g/mol. The Morgan fingerprint density at radius 1 is 1.78 bits per heavy atom. The first-order valence-corrected chi connectivity index (χ1v) is 3.33. The van der Waals surface area contributed by atoms with Crippen molar-refractivity contribution in [3.63, 3.8) is 0 Å². The molecule has 0 fully saturated rings. The zero-order chi connectivity index (χ0) is 7.28. The molecule has 5 nitrogen and oxygen atoms in total. The molecule has 9 heavy (non-hydrogen) atoms. The topological polar surface area (TPSA) is 92.4 Å². The molecule has 0 aliphatic heterocycles. The third-order valence-electron chi connectivity index (χ3n) is 0.620. The number of hydrogen-bond acceptors (Lipinski definition) is 3. The summed E-state index contributed by atoms with van der Waals surface area (Å²) < 4.78 is 19.9. The normalized spacial score (nSPS) is 13.1. The highest BCUT2D eigenvalue weighted by atomic mass is 32.2. The Bertz CT molecular complexity index is 126. The zero-order valence-corrected chi connectivity index (χ0v) is 5.48. The van der Waals surface area contributed by atoms with E-state index >= 15 is 0 Å². The predicted molar refractivity (Wildman–Crippen MR) is 32.8 cm³/mol. The fraction of sp³-hybridized carbons (Fsp3) is 0.667. The predicted octanol–water partition coefficient (Wildman–Crippen LogP) is -1.76. The van der Waals surface area contributed by atoms with E-state index in [0.717, 1.165) is 0 Å². The van der Waals surface area contributed by atoms with Crippen molar-refractivity contribution in [1.82, 2.24) is 4.72 Å². The molecular weight excluding hydrogens is 144 g/mol. The molecule has 0 aliphatic carbocycles. The van der Waals surface area contributed by atoms with Gasteiger partial charge in [-0.3, -0.25) is 9.35 Å². The molecule has 0 radical (unpaired) electrons. The first-order chi connectivity index (χ1) is 4.16.